The smallest absolute Gasteiger partial charge is 0.160 e. The summed E-state index contributed by atoms with van der Waals surface area (Å²) in [6.07, 6.45) is 3.71. The summed E-state index contributed by atoms with van der Waals surface area (Å²) >= 11 is 0. The van der Waals surface area contributed by atoms with Gasteiger partial charge in [-0.05, 0) is 30.9 Å². The molecule has 0 aliphatic carbocycles. The zero-order valence-corrected chi connectivity index (χ0v) is 12.9. The van der Waals surface area contributed by atoms with E-state index in [4.69, 9.17) is 5.73 Å². The Labute approximate surface area is 133 Å². The molecule has 1 aromatic heterocycles. The lowest BCUT2D eigenvalue weighted by molar-refractivity contribution is 0.445. The van der Waals surface area contributed by atoms with Crippen molar-refractivity contribution in [1.29, 1.82) is 0 Å². The van der Waals surface area contributed by atoms with Crippen LogP contribution in [-0.2, 0) is 0 Å². The fourth-order valence-corrected chi connectivity index (χ4v) is 2.83. The number of piperidine rings is 1. The molecular formula is C16H19F2N5. The summed E-state index contributed by atoms with van der Waals surface area (Å²) in [5.74, 6) is -0.168. The number of rotatable bonds is 3. The Bertz CT molecular complexity index is 707. The van der Waals surface area contributed by atoms with Gasteiger partial charge in [-0.2, -0.15) is 0 Å². The average Bonchev–Trinajstić information content (AvgIpc) is 2.53. The van der Waals surface area contributed by atoms with Crippen molar-refractivity contribution < 1.29 is 8.78 Å². The number of hydrogen-bond donors (Lipinski definition) is 2. The first-order valence-corrected chi connectivity index (χ1v) is 7.62. The van der Waals surface area contributed by atoms with E-state index in [1.54, 1.807) is 0 Å². The van der Waals surface area contributed by atoms with E-state index >= 15 is 0 Å². The van der Waals surface area contributed by atoms with Crippen LogP contribution in [0.25, 0.3) is 0 Å². The Hall–Kier alpha value is -2.44. The maximum atomic E-state index is 13.3. The topological polar surface area (TPSA) is 67.1 Å². The lowest BCUT2D eigenvalue weighted by atomic mass is 10.0. The Morgan fingerprint density at radius 3 is 2.83 bits per heavy atom. The van der Waals surface area contributed by atoms with Gasteiger partial charge >= 0.3 is 0 Å². The lowest BCUT2D eigenvalue weighted by Gasteiger charge is -2.32. The van der Waals surface area contributed by atoms with E-state index in [1.807, 2.05) is 0 Å². The van der Waals surface area contributed by atoms with Crippen LogP contribution in [0.15, 0.2) is 24.5 Å². The maximum absolute atomic E-state index is 13.3. The number of halogens is 2. The van der Waals surface area contributed by atoms with Crippen LogP contribution in [-0.4, -0.2) is 23.1 Å². The Morgan fingerprint density at radius 1 is 1.26 bits per heavy atom. The van der Waals surface area contributed by atoms with Crippen molar-refractivity contribution in [3.05, 3.63) is 36.2 Å². The van der Waals surface area contributed by atoms with Crippen molar-refractivity contribution in [1.82, 2.24) is 9.97 Å². The second-order valence-electron chi connectivity index (χ2n) is 5.91. The highest BCUT2D eigenvalue weighted by molar-refractivity contribution is 5.78. The number of anilines is 4. The van der Waals surface area contributed by atoms with Gasteiger partial charge in [0.05, 0.1) is 0 Å². The molecule has 2 aromatic rings. The predicted molar refractivity (Wildman–Crippen MR) is 86.7 cm³/mol. The molecule has 1 aliphatic rings. The Morgan fingerprint density at radius 2 is 2.09 bits per heavy atom. The van der Waals surface area contributed by atoms with Crippen molar-refractivity contribution in [2.75, 3.05) is 29.0 Å². The maximum Gasteiger partial charge on any atom is 0.160 e. The first-order valence-electron chi connectivity index (χ1n) is 7.62. The van der Waals surface area contributed by atoms with Gasteiger partial charge in [-0.1, -0.05) is 6.92 Å². The summed E-state index contributed by atoms with van der Waals surface area (Å²) in [5, 5.41) is 2.92. The molecule has 1 unspecified atom stereocenters. The van der Waals surface area contributed by atoms with E-state index in [-0.39, 0.29) is 0 Å². The number of nitrogen functional groups attached to an aromatic ring is 1. The highest BCUT2D eigenvalue weighted by Gasteiger charge is 2.21. The molecule has 0 radical (unpaired) electrons. The molecule has 1 aromatic carbocycles. The first-order chi connectivity index (χ1) is 11.0. The third-order valence-corrected chi connectivity index (χ3v) is 4.00. The third kappa shape index (κ3) is 3.33. The van der Waals surface area contributed by atoms with Crippen molar-refractivity contribution in [2.24, 2.45) is 5.92 Å². The van der Waals surface area contributed by atoms with Crippen molar-refractivity contribution >= 4 is 23.0 Å². The number of nitrogens with one attached hydrogen (secondary N) is 1. The standard InChI is InChI=1S/C16H19F2N5/c1-10-3-2-6-23(8-10)16-14(19)15(20-9-21-16)22-11-4-5-12(17)13(18)7-11/h4-5,7,9-10H,2-3,6,8,19H2,1H3,(H,20,21,22). The number of nitrogens with two attached hydrogens (primary N) is 1. The van der Waals surface area contributed by atoms with Crippen LogP contribution in [0.5, 0.6) is 0 Å². The largest absolute Gasteiger partial charge is 0.393 e. The highest BCUT2D eigenvalue weighted by atomic mass is 19.2. The fourth-order valence-electron chi connectivity index (χ4n) is 2.83. The van der Waals surface area contributed by atoms with Crippen LogP contribution >= 0.6 is 0 Å². The number of benzene rings is 1. The Kier molecular flexibility index (Phi) is 4.27. The molecule has 23 heavy (non-hydrogen) atoms. The molecule has 2 heterocycles. The van der Waals surface area contributed by atoms with Gasteiger partial charge in [-0.15, -0.1) is 0 Å². The minimum atomic E-state index is -0.923. The minimum Gasteiger partial charge on any atom is -0.393 e. The fraction of sp³-hybridized carbons (Fsp3) is 0.375. The molecule has 122 valence electrons. The van der Waals surface area contributed by atoms with E-state index in [1.165, 1.54) is 18.8 Å². The summed E-state index contributed by atoms with van der Waals surface area (Å²) in [5.41, 5.74) is 6.97. The first kappa shape index (κ1) is 15.5. The SMILES string of the molecule is CC1CCCN(c2ncnc(Nc3ccc(F)c(F)c3)c2N)C1. The van der Waals surface area contributed by atoms with E-state index in [0.29, 0.717) is 28.9 Å². The van der Waals surface area contributed by atoms with Crippen LogP contribution in [0.1, 0.15) is 19.8 Å². The van der Waals surface area contributed by atoms with Gasteiger partial charge in [0, 0.05) is 24.8 Å². The summed E-state index contributed by atoms with van der Waals surface area (Å²) < 4.78 is 26.3. The number of nitrogens with zero attached hydrogens (tertiary/aromatic N) is 3. The molecule has 0 saturated carbocycles. The minimum absolute atomic E-state index is 0.382. The second kappa shape index (κ2) is 6.36. The van der Waals surface area contributed by atoms with E-state index < -0.39 is 11.6 Å². The van der Waals surface area contributed by atoms with Crippen molar-refractivity contribution in [3.8, 4) is 0 Å². The van der Waals surface area contributed by atoms with Crippen molar-refractivity contribution in [2.45, 2.75) is 19.8 Å². The van der Waals surface area contributed by atoms with E-state index in [9.17, 15) is 8.78 Å². The molecular weight excluding hydrogens is 300 g/mol. The zero-order chi connectivity index (χ0) is 16.4. The average molecular weight is 319 g/mol. The molecule has 0 spiro atoms. The molecule has 0 amide bonds. The van der Waals surface area contributed by atoms with Crippen LogP contribution < -0.4 is 16.0 Å². The lowest BCUT2D eigenvalue weighted by Crippen LogP contribution is -2.35. The van der Waals surface area contributed by atoms with Crippen LogP contribution in [0.2, 0.25) is 0 Å². The van der Waals surface area contributed by atoms with Gasteiger partial charge in [0.1, 0.15) is 12.0 Å². The summed E-state index contributed by atoms with van der Waals surface area (Å²) in [4.78, 5) is 10.5. The van der Waals surface area contributed by atoms with Gasteiger partial charge < -0.3 is 16.0 Å². The van der Waals surface area contributed by atoms with Crippen LogP contribution in [0.3, 0.4) is 0 Å². The zero-order valence-electron chi connectivity index (χ0n) is 12.9. The van der Waals surface area contributed by atoms with Gasteiger partial charge in [0.25, 0.3) is 0 Å². The van der Waals surface area contributed by atoms with Crippen LogP contribution in [0.4, 0.5) is 31.8 Å². The molecule has 3 N–H and O–H groups in total. The molecule has 1 fully saturated rings. The highest BCUT2D eigenvalue weighted by Crippen LogP contribution is 2.31. The summed E-state index contributed by atoms with van der Waals surface area (Å²) in [7, 11) is 0. The number of aromatic nitrogens is 2. The van der Waals surface area contributed by atoms with Crippen molar-refractivity contribution in [3.63, 3.8) is 0 Å². The van der Waals surface area contributed by atoms with E-state index in [0.717, 1.165) is 31.6 Å². The predicted octanol–water partition coefficient (Wildman–Crippen LogP) is 3.32. The molecule has 1 atom stereocenters. The molecule has 3 rings (SSSR count). The number of hydrogen-bond acceptors (Lipinski definition) is 5. The summed E-state index contributed by atoms with van der Waals surface area (Å²) in [6, 6.07) is 3.56. The third-order valence-electron chi connectivity index (χ3n) is 4.00. The quantitative estimate of drug-likeness (QED) is 0.908. The molecule has 1 aliphatic heterocycles. The monoisotopic (exact) mass is 319 g/mol. The van der Waals surface area contributed by atoms with Gasteiger partial charge in [0.2, 0.25) is 0 Å². The van der Waals surface area contributed by atoms with Gasteiger partial charge in [-0.3, -0.25) is 0 Å². The van der Waals surface area contributed by atoms with E-state index in [2.05, 4.69) is 27.1 Å². The van der Waals surface area contributed by atoms with Crippen LogP contribution in [0, 0.1) is 17.6 Å². The molecule has 7 heteroatoms. The van der Waals surface area contributed by atoms with Gasteiger partial charge in [0.15, 0.2) is 23.3 Å². The Balaban J connectivity index is 1.85. The second-order valence-corrected chi connectivity index (χ2v) is 5.91. The van der Waals surface area contributed by atoms with Gasteiger partial charge in [-0.25, -0.2) is 18.7 Å². The molecule has 1 saturated heterocycles. The normalized spacial score (nSPS) is 18.0. The molecule has 0 bridgehead atoms. The summed E-state index contributed by atoms with van der Waals surface area (Å²) in [6.45, 7) is 3.99. The molecule has 5 nitrogen and oxygen atoms in total.